The van der Waals surface area contributed by atoms with Crippen LogP contribution in [0.1, 0.15) is 77.3 Å². The fourth-order valence-corrected chi connectivity index (χ4v) is 12.4. The molecule has 0 bridgehead atoms. The minimum absolute atomic E-state index is 0. The van der Waals surface area contributed by atoms with Gasteiger partial charge in [-0.05, 0) is 95.0 Å². The third-order valence-corrected chi connectivity index (χ3v) is 16.3. The summed E-state index contributed by atoms with van der Waals surface area (Å²) in [6.07, 6.45) is 6.66. The van der Waals surface area contributed by atoms with Gasteiger partial charge in [-0.2, -0.15) is 6.07 Å². The third kappa shape index (κ3) is 6.26. The van der Waals surface area contributed by atoms with Crippen molar-refractivity contribution in [1.29, 1.82) is 0 Å². The first-order chi connectivity index (χ1) is 26.9. The summed E-state index contributed by atoms with van der Waals surface area (Å²) in [6, 6.07) is 44.9. The number of aromatic nitrogens is 2. The Morgan fingerprint density at radius 3 is 2.33 bits per heavy atom. The molecule has 1 saturated carbocycles. The number of pyridine rings is 1. The van der Waals surface area contributed by atoms with Gasteiger partial charge in [0.2, 0.25) is 0 Å². The molecule has 1 fully saturated rings. The van der Waals surface area contributed by atoms with Gasteiger partial charge in [-0.1, -0.05) is 113 Å². The molecule has 0 unspecified atom stereocenters. The number of rotatable bonds is 5. The Morgan fingerprint density at radius 2 is 1.56 bits per heavy atom. The van der Waals surface area contributed by atoms with E-state index in [0.717, 1.165) is 41.1 Å². The number of nitrogens with zero attached hydrogens (tertiary/aromatic N) is 4. The molecule has 0 atom stereocenters. The van der Waals surface area contributed by atoms with Crippen molar-refractivity contribution < 1.29 is 25.8 Å². The first-order valence-electron chi connectivity index (χ1n) is 20.2. The normalized spacial score (nSPS) is 17.0. The van der Waals surface area contributed by atoms with Crippen LogP contribution in [-0.4, -0.2) is 17.6 Å². The van der Waals surface area contributed by atoms with Crippen LogP contribution >= 0.6 is 0 Å². The van der Waals surface area contributed by atoms with Gasteiger partial charge in [0.15, 0.2) is 0 Å². The zero-order valence-corrected chi connectivity index (χ0v) is 37.2. The molecule has 0 spiro atoms. The molecule has 0 radical (unpaired) electrons. The molecule has 5 aromatic carbocycles. The molecule has 292 valence electrons. The van der Waals surface area contributed by atoms with Crippen LogP contribution in [0.25, 0.3) is 27.6 Å². The maximum atomic E-state index is 6.98. The molecule has 0 amide bonds. The molecule has 5 nitrogen and oxygen atoms in total. The average molecular weight is 945 g/mol. The molecule has 2 aliphatic heterocycles. The summed E-state index contributed by atoms with van der Waals surface area (Å²) in [4.78, 5) is 9.63. The second kappa shape index (κ2) is 13.7. The second-order valence-corrected chi connectivity index (χ2v) is 22.8. The Hall–Kier alpha value is -4.64. The van der Waals surface area contributed by atoms with Crippen molar-refractivity contribution in [1.82, 2.24) is 9.55 Å². The van der Waals surface area contributed by atoms with Crippen LogP contribution in [0.15, 0.2) is 109 Å². The number of hydrogen-bond donors (Lipinski definition) is 0. The predicted octanol–water partition coefficient (Wildman–Crippen LogP) is 12.1. The third-order valence-electron chi connectivity index (χ3n) is 12.8. The molecular formula is C50H49N4OPtSi-3. The number of fused-ring (bicyclic) bond motifs is 5. The predicted molar refractivity (Wildman–Crippen MR) is 235 cm³/mol. The SMILES string of the molecule is CC1(C)CCC(c2cc(Oc3[c-]c4c(cc3)[Si](C)(C)c3cccc5c3N4[CH-]N5c3ccccc3)[c-]c3c2c2ccccc2n3-c2cc(C(C)(C)C)ccn2)CC1.[Pt]. The summed E-state index contributed by atoms with van der Waals surface area (Å²) in [5, 5.41) is 5.30. The van der Waals surface area contributed by atoms with Crippen molar-refractivity contribution in [2.24, 2.45) is 5.41 Å². The van der Waals surface area contributed by atoms with Crippen molar-refractivity contribution in [3.8, 4) is 17.3 Å². The van der Waals surface area contributed by atoms with E-state index in [1.165, 1.54) is 56.5 Å². The molecule has 0 saturated heterocycles. The van der Waals surface area contributed by atoms with E-state index in [0.29, 0.717) is 22.8 Å². The molecular weight excluding hydrogens is 896 g/mol. The summed E-state index contributed by atoms with van der Waals surface area (Å²) < 4.78 is 9.29. The topological polar surface area (TPSA) is 33.5 Å². The van der Waals surface area contributed by atoms with E-state index in [4.69, 9.17) is 9.72 Å². The van der Waals surface area contributed by atoms with Gasteiger partial charge in [-0.3, -0.25) is 0 Å². The zero-order valence-electron chi connectivity index (χ0n) is 33.9. The van der Waals surface area contributed by atoms with Crippen molar-refractivity contribution in [2.75, 3.05) is 9.80 Å². The van der Waals surface area contributed by atoms with Gasteiger partial charge in [0.05, 0.1) is 8.07 Å². The van der Waals surface area contributed by atoms with E-state index >= 15 is 0 Å². The molecule has 4 heterocycles. The molecule has 7 aromatic rings. The number of anilines is 4. The van der Waals surface area contributed by atoms with Gasteiger partial charge in [-0.15, -0.1) is 41.7 Å². The Labute approximate surface area is 353 Å². The Morgan fingerprint density at radius 1 is 0.807 bits per heavy atom. The van der Waals surface area contributed by atoms with Crippen molar-refractivity contribution in [2.45, 2.75) is 84.7 Å². The van der Waals surface area contributed by atoms with Gasteiger partial charge in [0.25, 0.3) is 0 Å². The minimum Gasteiger partial charge on any atom is -0.509 e. The van der Waals surface area contributed by atoms with Crippen LogP contribution in [0.3, 0.4) is 0 Å². The van der Waals surface area contributed by atoms with E-state index in [1.54, 1.807) is 0 Å². The quantitative estimate of drug-likeness (QED) is 0.127. The number of benzene rings is 5. The molecule has 10 rings (SSSR count). The van der Waals surface area contributed by atoms with E-state index in [1.807, 2.05) is 6.20 Å². The van der Waals surface area contributed by atoms with Gasteiger partial charge in [0, 0.05) is 61.3 Å². The van der Waals surface area contributed by atoms with E-state index in [2.05, 4.69) is 184 Å². The Kier molecular flexibility index (Phi) is 9.14. The van der Waals surface area contributed by atoms with Gasteiger partial charge in [0.1, 0.15) is 5.82 Å². The maximum absolute atomic E-state index is 6.98. The van der Waals surface area contributed by atoms with Crippen LogP contribution < -0.4 is 24.9 Å². The van der Waals surface area contributed by atoms with Crippen LogP contribution in [-0.2, 0) is 26.5 Å². The number of hydrogen-bond acceptors (Lipinski definition) is 4. The summed E-state index contributed by atoms with van der Waals surface area (Å²) >= 11 is 0. The molecule has 7 heteroatoms. The summed E-state index contributed by atoms with van der Waals surface area (Å²) in [7, 11) is -2.07. The van der Waals surface area contributed by atoms with Gasteiger partial charge >= 0.3 is 0 Å². The smallest absolute Gasteiger partial charge is 0.135 e. The maximum Gasteiger partial charge on any atom is 0.135 e. The molecule has 2 aromatic heterocycles. The van der Waals surface area contributed by atoms with E-state index < -0.39 is 8.07 Å². The van der Waals surface area contributed by atoms with Crippen molar-refractivity contribution >= 4 is 63.0 Å². The largest absolute Gasteiger partial charge is 0.509 e. The van der Waals surface area contributed by atoms with Gasteiger partial charge < -0.3 is 19.1 Å². The minimum atomic E-state index is -2.07. The summed E-state index contributed by atoms with van der Waals surface area (Å²) in [5.74, 6) is 2.74. The zero-order chi connectivity index (χ0) is 38.6. The molecule has 57 heavy (non-hydrogen) atoms. The standard InChI is InChI=1S/C50H49N4OSi.Pt/c1-49(2,3)34-24-27-51-46(28-34)54-40-17-12-11-16-38(40)47-39(33-22-25-50(4,5)26-23-33)29-37(31-43(47)54)55-36-20-21-44-42(30-36)53-32-52(35-14-9-8-10-15-35)41-18-13-19-45(48(41)53)56(44,6)7;/h8-21,24,27-29,32-33H,22-23,25-26H2,1-7H3;/q-3;. The first-order valence-corrected chi connectivity index (χ1v) is 23.2. The monoisotopic (exact) mass is 944 g/mol. The fraction of sp³-hybridized carbons (Fsp3) is 0.280. The molecule has 3 aliphatic rings. The summed E-state index contributed by atoms with van der Waals surface area (Å²) in [6.45, 7) is 18.8. The van der Waals surface area contributed by atoms with Crippen LogP contribution in [0.2, 0.25) is 13.1 Å². The van der Waals surface area contributed by atoms with Crippen LogP contribution in [0.5, 0.6) is 11.5 Å². The first kappa shape index (κ1) is 37.9. The van der Waals surface area contributed by atoms with Crippen LogP contribution in [0, 0.1) is 24.2 Å². The Bertz CT molecular complexity index is 2670. The van der Waals surface area contributed by atoms with Gasteiger partial charge in [-0.25, -0.2) is 4.98 Å². The van der Waals surface area contributed by atoms with E-state index in [-0.39, 0.29) is 26.5 Å². The summed E-state index contributed by atoms with van der Waals surface area (Å²) in [5.41, 5.74) is 9.78. The fourth-order valence-electron chi connectivity index (χ4n) is 9.51. The van der Waals surface area contributed by atoms with E-state index in [9.17, 15) is 0 Å². The molecule has 1 aliphatic carbocycles. The number of ether oxygens (including phenoxy) is 1. The second-order valence-electron chi connectivity index (χ2n) is 18.4. The average Bonchev–Trinajstić information content (AvgIpc) is 3.74. The number of para-hydroxylation sites is 3. The Balaban J connectivity index is 0.00000422. The molecule has 0 N–H and O–H groups in total. The van der Waals surface area contributed by atoms with Crippen molar-refractivity contribution in [3.05, 3.63) is 139 Å². The van der Waals surface area contributed by atoms with Crippen LogP contribution in [0.4, 0.5) is 22.7 Å². The van der Waals surface area contributed by atoms with Crippen molar-refractivity contribution in [3.63, 3.8) is 0 Å².